The maximum Gasteiger partial charge on any atom is 0.251 e. The Balaban J connectivity index is 1.70. The van der Waals surface area contributed by atoms with E-state index in [1.54, 1.807) is 23.5 Å². The van der Waals surface area contributed by atoms with Gasteiger partial charge in [0.25, 0.3) is 5.91 Å². The number of carbonyl (C=O) groups excluding carboxylic acids is 1. The molecule has 1 amide bonds. The Morgan fingerprint density at radius 3 is 2.32 bits per heavy atom. The van der Waals surface area contributed by atoms with Gasteiger partial charge in [-0.05, 0) is 57.3 Å². The van der Waals surface area contributed by atoms with Crippen molar-refractivity contribution in [1.82, 2.24) is 15.1 Å². The summed E-state index contributed by atoms with van der Waals surface area (Å²) in [7, 11) is 0. The number of hydrogen-bond acceptors (Lipinski definition) is 6. The van der Waals surface area contributed by atoms with Crippen LogP contribution in [0.5, 0.6) is 17.2 Å². The summed E-state index contributed by atoms with van der Waals surface area (Å²) in [5, 5.41) is 9.65. The van der Waals surface area contributed by atoms with Crippen molar-refractivity contribution in [3.05, 3.63) is 47.0 Å². The molecule has 0 saturated heterocycles. The van der Waals surface area contributed by atoms with Gasteiger partial charge in [0.15, 0.2) is 11.5 Å². The molecule has 1 aromatic carbocycles. The highest BCUT2D eigenvalue weighted by Crippen LogP contribution is 2.39. The zero-order valence-electron chi connectivity index (χ0n) is 18.4. The topological polar surface area (TPSA) is 74.6 Å². The molecule has 0 atom stereocenters. The fourth-order valence-electron chi connectivity index (χ4n) is 3.18. The van der Waals surface area contributed by atoms with Gasteiger partial charge in [-0.25, -0.2) is 0 Å². The van der Waals surface area contributed by atoms with Crippen LogP contribution in [0.25, 0.3) is 10.6 Å². The van der Waals surface area contributed by atoms with Crippen LogP contribution >= 0.6 is 11.3 Å². The largest absolute Gasteiger partial charge is 0.490 e. The van der Waals surface area contributed by atoms with E-state index < -0.39 is 0 Å². The van der Waals surface area contributed by atoms with E-state index in [9.17, 15) is 4.79 Å². The predicted molar refractivity (Wildman–Crippen MR) is 123 cm³/mol. The highest BCUT2D eigenvalue weighted by atomic mass is 32.1. The van der Waals surface area contributed by atoms with Gasteiger partial charge < -0.3 is 19.5 Å². The predicted octanol–water partition coefficient (Wildman–Crippen LogP) is 4.55. The lowest BCUT2D eigenvalue weighted by Gasteiger charge is -2.17. The first-order valence-electron chi connectivity index (χ1n) is 10.5. The Labute approximate surface area is 186 Å². The second-order valence-electron chi connectivity index (χ2n) is 6.73. The van der Waals surface area contributed by atoms with E-state index >= 15 is 0 Å². The molecule has 3 rings (SSSR count). The lowest BCUT2D eigenvalue weighted by atomic mass is 10.1. The number of nitrogens with zero attached hydrogens (tertiary/aromatic N) is 2. The van der Waals surface area contributed by atoms with Crippen molar-refractivity contribution >= 4 is 17.2 Å². The minimum absolute atomic E-state index is 0.201. The molecule has 8 heteroatoms. The normalized spacial score (nSPS) is 10.7. The monoisotopic (exact) mass is 443 g/mol. The SMILES string of the molecule is CCOc1cc(C(=O)NCCn2nc(-c3cccs3)cc2C)cc(OCC)c1OCC. The average Bonchev–Trinajstić information content (AvgIpc) is 3.40. The summed E-state index contributed by atoms with van der Waals surface area (Å²) in [6, 6.07) is 9.51. The minimum Gasteiger partial charge on any atom is -0.490 e. The minimum atomic E-state index is -0.201. The third-order valence-electron chi connectivity index (χ3n) is 4.54. The first-order chi connectivity index (χ1) is 15.1. The Bertz CT molecular complexity index is 971. The van der Waals surface area contributed by atoms with E-state index in [1.807, 2.05) is 43.8 Å². The van der Waals surface area contributed by atoms with Gasteiger partial charge in [0.05, 0.1) is 31.2 Å². The number of thiophene rings is 1. The molecular weight excluding hydrogens is 414 g/mol. The van der Waals surface area contributed by atoms with E-state index in [2.05, 4.69) is 22.5 Å². The van der Waals surface area contributed by atoms with Gasteiger partial charge in [-0.1, -0.05) is 6.07 Å². The van der Waals surface area contributed by atoms with Crippen LogP contribution in [-0.4, -0.2) is 42.1 Å². The molecule has 0 unspecified atom stereocenters. The molecule has 3 aromatic rings. The standard InChI is InChI=1S/C23H29N3O4S/c1-5-28-19-14-17(15-20(29-6-2)22(19)30-7-3)23(27)24-10-11-26-16(4)13-18(25-26)21-9-8-12-31-21/h8-9,12-15H,5-7,10-11H2,1-4H3,(H,24,27). The second-order valence-corrected chi connectivity index (χ2v) is 7.68. The van der Waals surface area contributed by atoms with Gasteiger partial charge in [-0.15, -0.1) is 11.3 Å². The van der Waals surface area contributed by atoms with Crippen molar-refractivity contribution in [1.29, 1.82) is 0 Å². The first-order valence-corrected chi connectivity index (χ1v) is 11.4. The number of rotatable bonds is 11. The van der Waals surface area contributed by atoms with Crippen LogP contribution < -0.4 is 19.5 Å². The molecule has 0 radical (unpaired) electrons. The van der Waals surface area contributed by atoms with Crippen LogP contribution in [0, 0.1) is 6.92 Å². The van der Waals surface area contributed by atoms with Crippen LogP contribution in [0.1, 0.15) is 36.8 Å². The van der Waals surface area contributed by atoms with Gasteiger partial charge in [0.1, 0.15) is 5.69 Å². The van der Waals surface area contributed by atoms with E-state index in [0.717, 1.165) is 16.3 Å². The van der Waals surface area contributed by atoms with Gasteiger partial charge in [0.2, 0.25) is 5.75 Å². The van der Waals surface area contributed by atoms with Crippen LogP contribution in [0.4, 0.5) is 0 Å². The molecule has 2 heterocycles. The van der Waals surface area contributed by atoms with Crippen molar-refractivity contribution in [3.8, 4) is 27.8 Å². The number of benzene rings is 1. The molecular formula is C23H29N3O4S. The number of aromatic nitrogens is 2. The molecule has 0 aliphatic carbocycles. The molecule has 0 bridgehead atoms. The zero-order chi connectivity index (χ0) is 22.2. The van der Waals surface area contributed by atoms with Crippen molar-refractivity contribution in [2.45, 2.75) is 34.2 Å². The van der Waals surface area contributed by atoms with Crippen LogP contribution in [0.2, 0.25) is 0 Å². The fourth-order valence-corrected chi connectivity index (χ4v) is 3.86. The zero-order valence-corrected chi connectivity index (χ0v) is 19.3. The summed E-state index contributed by atoms with van der Waals surface area (Å²) in [4.78, 5) is 13.9. The number of amides is 1. The number of aryl methyl sites for hydroxylation is 1. The molecule has 1 N–H and O–H groups in total. The maximum atomic E-state index is 12.8. The third-order valence-corrected chi connectivity index (χ3v) is 5.43. The van der Waals surface area contributed by atoms with Gasteiger partial charge in [-0.2, -0.15) is 5.10 Å². The van der Waals surface area contributed by atoms with Gasteiger partial charge in [-0.3, -0.25) is 9.48 Å². The lowest BCUT2D eigenvalue weighted by Crippen LogP contribution is -2.28. The van der Waals surface area contributed by atoms with Crippen molar-refractivity contribution < 1.29 is 19.0 Å². The quantitative estimate of drug-likeness (QED) is 0.471. The molecule has 2 aromatic heterocycles. The third kappa shape index (κ3) is 5.58. The summed E-state index contributed by atoms with van der Waals surface area (Å²) in [5.74, 6) is 1.33. The number of ether oxygens (including phenoxy) is 3. The number of hydrogen-bond donors (Lipinski definition) is 1. The maximum absolute atomic E-state index is 12.8. The Kier molecular flexibility index (Phi) is 7.94. The van der Waals surface area contributed by atoms with Crippen LogP contribution in [0.15, 0.2) is 35.7 Å². The van der Waals surface area contributed by atoms with Crippen molar-refractivity contribution in [3.63, 3.8) is 0 Å². The molecule has 0 saturated carbocycles. The summed E-state index contributed by atoms with van der Waals surface area (Å²) >= 11 is 1.66. The number of carbonyl (C=O) groups is 1. The summed E-state index contributed by atoms with van der Waals surface area (Å²) in [6.45, 7) is 10.1. The lowest BCUT2D eigenvalue weighted by molar-refractivity contribution is 0.0950. The van der Waals surface area contributed by atoms with Gasteiger partial charge >= 0.3 is 0 Å². The Hall–Kier alpha value is -3.00. The number of nitrogens with one attached hydrogen (secondary N) is 1. The fraction of sp³-hybridized carbons (Fsp3) is 0.391. The summed E-state index contributed by atoms with van der Waals surface area (Å²) < 4.78 is 19.0. The second kappa shape index (κ2) is 10.9. The van der Waals surface area contributed by atoms with E-state index in [0.29, 0.717) is 55.7 Å². The average molecular weight is 444 g/mol. The molecule has 0 aliphatic heterocycles. The van der Waals surface area contributed by atoms with Gasteiger partial charge in [0, 0.05) is 17.8 Å². The highest BCUT2D eigenvalue weighted by Gasteiger charge is 2.18. The first kappa shape index (κ1) is 22.7. The molecule has 166 valence electrons. The van der Waals surface area contributed by atoms with Crippen LogP contribution in [0.3, 0.4) is 0 Å². The molecule has 7 nitrogen and oxygen atoms in total. The van der Waals surface area contributed by atoms with E-state index in [4.69, 9.17) is 14.2 Å². The smallest absolute Gasteiger partial charge is 0.251 e. The Morgan fingerprint density at radius 2 is 1.74 bits per heavy atom. The van der Waals surface area contributed by atoms with E-state index in [1.165, 1.54) is 0 Å². The van der Waals surface area contributed by atoms with Crippen LogP contribution in [-0.2, 0) is 6.54 Å². The van der Waals surface area contributed by atoms with E-state index in [-0.39, 0.29) is 5.91 Å². The highest BCUT2D eigenvalue weighted by molar-refractivity contribution is 7.13. The molecule has 0 spiro atoms. The summed E-state index contributed by atoms with van der Waals surface area (Å²) in [5.41, 5.74) is 2.47. The Morgan fingerprint density at radius 1 is 1.06 bits per heavy atom. The summed E-state index contributed by atoms with van der Waals surface area (Å²) in [6.07, 6.45) is 0. The molecule has 31 heavy (non-hydrogen) atoms. The molecule has 0 aliphatic rings. The van der Waals surface area contributed by atoms with Crippen molar-refractivity contribution in [2.75, 3.05) is 26.4 Å². The van der Waals surface area contributed by atoms with Crippen molar-refractivity contribution in [2.24, 2.45) is 0 Å². The molecule has 0 fully saturated rings.